The number of rotatable bonds is 7. The van der Waals surface area contributed by atoms with Crippen molar-refractivity contribution >= 4 is 11.6 Å². The van der Waals surface area contributed by atoms with Gasteiger partial charge in [-0.1, -0.05) is 29.8 Å². The molecular weight excluding hydrogens is 439 g/mol. The number of halogens is 4. The topological polar surface area (TPSA) is 31.4 Å². The largest absolute Gasteiger partial charge is 0.490 e. The molecule has 1 aromatic heterocycles. The van der Waals surface area contributed by atoms with E-state index in [9.17, 15) is 13.2 Å². The Morgan fingerprint density at radius 3 is 2.53 bits per heavy atom. The van der Waals surface area contributed by atoms with Gasteiger partial charge in [0.2, 0.25) is 0 Å². The van der Waals surface area contributed by atoms with Crippen LogP contribution in [0.4, 0.5) is 13.2 Å². The van der Waals surface area contributed by atoms with Crippen LogP contribution in [0, 0.1) is 0 Å². The van der Waals surface area contributed by atoms with Crippen molar-refractivity contribution in [3.63, 3.8) is 0 Å². The smallest absolute Gasteiger partial charge is 0.416 e. The summed E-state index contributed by atoms with van der Waals surface area (Å²) in [6.45, 7) is -0.0166. The third-order valence-corrected chi connectivity index (χ3v) is 6.26. The van der Waals surface area contributed by atoms with Gasteiger partial charge >= 0.3 is 6.18 Å². The second-order valence-corrected chi connectivity index (χ2v) is 8.73. The monoisotopic (exact) mass is 459 g/mol. The zero-order chi connectivity index (χ0) is 22.3. The standard InChI is InChI=1S/C25H21ClF3NO2/c26-22-8-5-17(25(27,28)29)13-16(22)15-31-24(10-11-24)21-14-30-12-9-19(21)20-3-1-2-4-23(20)32-18-6-7-18/h1-5,8-9,12-14,18H,6-7,10-11,15H2. The molecule has 0 radical (unpaired) electrons. The summed E-state index contributed by atoms with van der Waals surface area (Å²) in [5, 5.41) is 0.253. The van der Waals surface area contributed by atoms with Gasteiger partial charge in [-0.2, -0.15) is 13.2 Å². The minimum Gasteiger partial charge on any atom is -0.490 e. The lowest BCUT2D eigenvalue weighted by Crippen LogP contribution is -2.15. The molecule has 32 heavy (non-hydrogen) atoms. The molecule has 0 amide bonds. The molecular formula is C25H21ClF3NO2. The Balaban J connectivity index is 1.44. The van der Waals surface area contributed by atoms with Gasteiger partial charge in [0.05, 0.1) is 23.9 Å². The van der Waals surface area contributed by atoms with Gasteiger partial charge in [0.1, 0.15) is 5.75 Å². The van der Waals surface area contributed by atoms with Crippen LogP contribution in [0.2, 0.25) is 5.02 Å². The number of alkyl halides is 3. The zero-order valence-electron chi connectivity index (χ0n) is 17.2. The van der Waals surface area contributed by atoms with E-state index in [0.29, 0.717) is 5.56 Å². The molecule has 0 spiro atoms. The highest BCUT2D eigenvalue weighted by Gasteiger charge is 2.48. The van der Waals surface area contributed by atoms with Crippen LogP contribution >= 0.6 is 11.6 Å². The van der Waals surface area contributed by atoms with Crippen molar-refractivity contribution in [1.29, 1.82) is 0 Å². The number of ether oxygens (including phenoxy) is 2. The van der Waals surface area contributed by atoms with Gasteiger partial charge < -0.3 is 9.47 Å². The van der Waals surface area contributed by atoms with E-state index in [-0.39, 0.29) is 17.7 Å². The molecule has 2 fully saturated rings. The molecule has 3 aromatic rings. The number of pyridine rings is 1. The highest BCUT2D eigenvalue weighted by Crippen LogP contribution is 2.53. The Bertz CT molecular complexity index is 1140. The number of aromatic nitrogens is 1. The van der Waals surface area contributed by atoms with Crippen LogP contribution in [0.15, 0.2) is 60.9 Å². The Hall–Kier alpha value is -2.57. The molecule has 2 aliphatic carbocycles. The van der Waals surface area contributed by atoms with Gasteiger partial charge in [0.25, 0.3) is 0 Å². The first kappa shape index (κ1) is 21.3. The van der Waals surface area contributed by atoms with Crippen LogP contribution in [0.3, 0.4) is 0 Å². The Morgan fingerprint density at radius 1 is 1.03 bits per heavy atom. The Kier molecular flexibility index (Phi) is 5.38. The van der Waals surface area contributed by atoms with Crippen LogP contribution in [0.25, 0.3) is 11.1 Å². The fourth-order valence-corrected chi connectivity index (χ4v) is 4.00. The van der Waals surface area contributed by atoms with Gasteiger partial charge in [0.15, 0.2) is 0 Å². The van der Waals surface area contributed by atoms with Gasteiger partial charge in [-0.05, 0) is 67.1 Å². The number of nitrogens with zero attached hydrogens (tertiary/aromatic N) is 1. The Labute approximate surface area is 189 Å². The van der Waals surface area contributed by atoms with Crippen LogP contribution < -0.4 is 4.74 Å². The maximum atomic E-state index is 13.1. The van der Waals surface area contributed by atoms with E-state index in [0.717, 1.165) is 60.3 Å². The van der Waals surface area contributed by atoms with Crippen LogP contribution in [-0.4, -0.2) is 11.1 Å². The molecule has 0 saturated heterocycles. The predicted octanol–water partition coefficient (Wildman–Crippen LogP) is 7.17. The lowest BCUT2D eigenvalue weighted by Gasteiger charge is -2.22. The summed E-state index contributed by atoms with van der Waals surface area (Å²) in [5.74, 6) is 0.819. The van der Waals surface area contributed by atoms with Crippen molar-refractivity contribution in [1.82, 2.24) is 4.98 Å². The molecule has 0 aliphatic heterocycles. The maximum Gasteiger partial charge on any atom is 0.416 e. The third kappa shape index (κ3) is 4.34. The summed E-state index contributed by atoms with van der Waals surface area (Å²) < 4.78 is 51.7. The van der Waals surface area contributed by atoms with Crippen molar-refractivity contribution in [2.45, 2.75) is 50.2 Å². The molecule has 0 atom stereocenters. The van der Waals surface area contributed by atoms with Crippen LogP contribution in [0.5, 0.6) is 5.75 Å². The highest BCUT2D eigenvalue weighted by atomic mass is 35.5. The molecule has 0 N–H and O–H groups in total. The van der Waals surface area contributed by atoms with Gasteiger partial charge in [-0.25, -0.2) is 0 Å². The first-order chi connectivity index (χ1) is 15.4. The molecule has 0 unspecified atom stereocenters. The fraction of sp³-hybridized carbons (Fsp3) is 0.320. The molecule has 3 nitrogen and oxygen atoms in total. The van der Waals surface area contributed by atoms with E-state index < -0.39 is 17.3 Å². The fourth-order valence-electron chi connectivity index (χ4n) is 3.83. The van der Waals surface area contributed by atoms with Crippen molar-refractivity contribution < 1.29 is 22.6 Å². The van der Waals surface area contributed by atoms with Crippen molar-refractivity contribution in [2.24, 2.45) is 0 Å². The Morgan fingerprint density at radius 2 is 1.81 bits per heavy atom. The van der Waals surface area contributed by atoms with E-state index >= 15 is 0 Å². The first-order valence-electron chi connectivity index (χ1n) is 10.6. The minimum absolute atomic E-state index is 0.0166. The molecule has 166 valence electrons. The van der Waals surface area contributed by atoms with Gasteiger partial charge in [-0.15, -0.1) is 0 Å². The summed E-state index contributed by atoms with van der Waals surface area (Å²) in [6, 6.07) is 13.1. The minimum atomic E-state index is -4.43. The summed E-state index contributed by atoms with van der Waals surface area (Å²) in [4.78, 5) is 4.30. The molecule has 0 bridgehead atoms. The number of para-hydroxylation sites is 1. The second kappa shape index (κ2) is 8.09. The summed E-state index contributed by atoms with van der Waals surface area (Å²) in [5.41, 5.74) is 1.81. The zero-order valence-corrected chi connectivity index (χ0v) is 17.9. The number of hydrogen-bond acceptors (Lipinski definition) is 3. The van der Waals surface area contributed by atoms with Crippen molar-refractivity contribution in [2.75, 3.05) is 0 Å². The van der Waals surface area contributed by atoms with Crippen molar-refractivity contribution in [3.8, 4) is 16.9 Å². The normalized spacial score (nSPS) is 17.2. The summed E-state index contributed by atoms with van der Waals surface area (Å²) >= 11 is 6.17. The highest BCUT2D eigenvalue weighted by molar-refractivity contribution is 6.31. The maximum absolute atomic E-state index is 13.1. The lowest BCUT2D eigenvalue weighted by molar-refractivity contribution is -0.137. The predicted molar refractivity (Wildman–Crippen MR) is 115 cm³/mol. The van der Waals surface area contributed by atoms with Gasteiger partial charge in [0, 0.05) is 28.5 Å². The average Bonchev–Trinajstić information content (AvgIpc) is 3.70. The quantitative estimate of drug-likeness (QED) is 0.375. The second-order valence-electron chi connectivity index (χ2n) is 8.32. The van der Waals surface area contributed by atoms with E-state index in [1.165, 1.54) is 6.07 Å². The average molecular weight is 460 g/mol. The first-order valence-corrected chi connectivity index (χ1v) is 10.9. The van der Waals surface area contributed by atoms with Gasteiger partial charge in [-0.3, -0.25) is 4.98 Å². The third-order valence-electron chi connectivity index (χ3n) is 5.89. The van der Waals surface area contributed by atoms with E-state index in [2.05, 4.69) is 4.98 Å². The molecule has 2 saturated carbocycles. The molecule has 7 heteroatoms. The van der Waals surface area contributed by atoms with E-state index in [4.69, 9.17) is 21.1 Å². The summed E-state index contributed by atoms with van der Waals surface area (Å²) in [6.07, 6.45) is 2.97. The summed E-state index contributed by atoms with van der Waals surface area (Å²) in [7, 11) is 0. The molecule has 2 aromatic carbocycles. The number of hydrogen-bond donors (Lipinski definition) is 0. The molecule has 1 heterocycles. The number of benzene rings is 2. The SMILES string of the molecule is FC(F)(F)c1ccc(Cl)c(COC2(c3cnccc3-c3ccccc3OC3CC3)CC2)c1. The lowest BCUT2D eigenvalue weighted by atomic mass is 9.96. The molecule has 2 aliphatic rings. The van der Waals surface area contributed by atoms with Crippen LogP contribution in [0.1, 0.15) is 42.4 Å². The molecule has 5 rings (SSSR count). The van der Waals surface area contributed by atoms with E-state index in [1.807, 2.05) is 30.3 Å². The van der Waals surface area contributed by atoms with Crippen LogP contribution in [-0.2, 0) is 23.1 Å². The van der Waals surface area contributed by atoms with E-state index in [1.54, 1.807) is 12.4 Å². The van der Waals surface area contributed by atoms with Crippen molar-refractivity contribution in [3.05, 3.63) is 82.6 Å².